The average molecular weight is 397 g/mol. The number of nitrogens with one attached hydrogen (secondary N) is 1. The van der Waals surface area contributed by atoms with E-state index in [2.05, 4.69) is 10.1 Å². The summed E-state index contributed by atoms with van der Waals surface area (Å²) in [5.74, 6) is -1.07. The quantitative estimate of drug-likeness (QED) is 0.757. The number of ether oxygens (including phenoxy) is 1. The molecule has 0 saturated heterocycles. The van der Waals surface area contributed by atoms with Crippen LogP contribution in [0.3, 0.4) is 0 Å². The summed E-state index contributed by atoms with van der Waals surface area (Å²) >= 11 is 5.86. The third-order valence-electron chi connectivity index (χ3n) is 3.37. The number of amides is 1. The van der Waals surface area contributed by atoms with E-state index in [9.17, 15) is 18.0 Å². The molecule has 138 valence electrons. The molecule has 0 spiro atoms. The lowest BCUT2D eigenvalue weighted by molar-refractivity contribution is -0.114. The van der Waals surface area contributed by atoms with E-state index in [1.165, 1.54) is 31.4 Å². The van der Waals surface area contributed by atoms with Crippen LogP contribution < -0.4 is 9.62 Å². The number of carbonyl (C=O) groups excluding carboxylic acids is 2. The number of rotatable bonds is 6. The zero-order valence-electron chi connectivity index (χ0n) is 14.1. The van der Waals surface area contributed by atoms with Crippen molar-refractivity contribution < 1.29 is 22.7 Å². The van der Waals surface area contributed by atoms with Gasteiger partial charge in [-0.25, -0.2) is 13.2 Å². The van der Waals surface area contributed by atoms with Gasteiger partial charge in [0.15, 0.2) is 0 Å². The summed E-state index contributed by atoms with van der Waals surface area (Å²) in [6, 6.07) is 12.2. The SMILES string of the molecule is COC(=O)c1ccc(N(CC(=O)Nc2cccc(Cl)c2)S(C)(=O)=O)cc1. The molecule has 0 aliphatic heterocycles. The predicted molar refractivity (Wildman–Crippen MR) is 100 cm³/mol. The van der Waals surface area contributed by atoms with E-state index in [0.29, 0.717) is 10.7 Å². The van der Waals surface area contributed by atoms with Crippen molar-refractivity contribution in [3.05, 3.63) is 59.1 Å². The highest BCUT2D eigenvalue weighted by molar-refractivity contribution is 7.92. The maximum absolute atomic E-state index is 12.2. The first kappa shape index (κ1) is 19.7. The Labute approximate surface area is 156 Å². The number of hydrogen-bond acceptors (Lipinski definition) is 5. The number of carbonyl (C=O) groups is 2. The first-order valence-electron chi connectivity index (χ1n) is 7.42. The van der Waals surface area contributed by atoms with Gasteiger partial charge in [-0.1, -0.05) is 17.7 Å². The van der Waals surface area contributed by atoms with Crippen LogP contribution in [0.5, 0.6) is 0 Å². The molecule has 0 saturated carbocycles. The Morgan fingerprint density at radius 2 is 1.81 bits per heavy atom. The zero-order valence-corrected chi connectivity index (χ0v) is 15.7. The maximum atomic E-state index is 12.2. The Kier molecular flexibility index (Phi) is 6.23. The number of halogens is 1. The average Bonchev–Trinajstić information content (AvgIpc) is 2.58. The normalized spacial score (nSPS) is 10.9. The van der Waals surface area contributed by atoms with Crippen molar-refractivity contribution in [1.29, 1.82) is 0 Å². The van der Waals surface area contributed by atoms with Gasteiger partial charge in [-0.3, -0.25) is 9.10 Å². The van der Waals surface area contributed by atoms with Crippen molar-refractivity contribution in [2.45, 2.75) is 0 Å². The standard InChI is InChI=1S/C17H17ClN2O5S/c1-25-17(22)12-6-8-15(9-7-12)20(26(2,23)24)11-16(21)19-14-5-3-4-13(18)10-14/h3-10H,11H2,1-2H3,(H,19,21). The molecule has 0 radical (unpaired) electrons. The van der Waals surface area contributed by atoms with Gasteiger partial charge in [0.05, 0.1) is 24.6 Å². The minimum Gasteiger partial charge on any atom is -0.465 e. The van der Waals surface area contributed by atoms with Crippen molar-refractivity contribution in [3.63, 3.8) is 0 Å². The minimum absolute atomic E-state index is 0.251. The van der Waals surface area contributed by atoms with Gasteiger partial charge >= 0.3 is 5.97 Å². The third-order valence-corrected chi connectivity index (χ3v) is 4.75. The Hall–Kier alpha value is -2.58. The van der Waals surface area contributed by atoms with E-state index in [-0.39, 0.29) is 11.3 Å². The maximum Gasteiger partial charge on any atom is 0.337 e. The van der Waals surface area contributed by atoms with Gasteiger partial charge in [-0.2, -0.15) is 0 Å². The predicted octanol–water partition coefficient (Wildman–Crippen LogP) is 2.53. The molecule has 0 aliphatic carbocycles. The van der Waals surface area contributed by atoms with Gasteiger partial charge in [-0.15, -0.1) is 0 Å². The van der Waals surface area contributed by atoms with E-state index in [1.807, 2.05) is 0 Å². The Bertz CT molecular complexity index is 913. The molecular weight excluding hydrogens is 380 g/mol. The van der Waals surface area contributed by atoms with Crippen molar-refractivity contribution in [3.8, 4) is 0 Å². The summed E-state index contributed by atoms with van der Waals surface area (Å²) < 4.78 is 29.7. The number of nitrogens with zero attached hydrogens (tertiary/aromatic N) is 1. The van der Waals surface area contributed by atoms with Crippen LogP contribution in [-0.4, -0.2) is 40.2 Å². The molecule has 0 fully saturated rings. The van der Waals surface area contributed by atoms with Crippen molar-refractivity contribution in [2.24, 2.45) is 0 Å². The lowest BCUT2D eigenvalue weighted by atomic mass is 10.2. The van der Waals surface area contributed by atoms with Gasteiger partial charge in [0.2, 0.25) is 15.9 Å². The fourth-order valence-electron chi connectivity index (χ4n) is 2.18. The molecule has 2 aromatic carbocycles. The summed E-state index contributed by atoms with van der Waals surface area (Å²) in [5, 5.41) is 3.04. The second kappa shape index (κ2) is 8.20. The molecule has 0 aliphatic rings. The molecule has 7 nitrogen and oxygen atoms in total. The van der Waals surface area contributed by atoms with Gasteiger partial charge in [-0.05, 0) is 42.5 Å². The molecule has 0 unspecified atom stereocenters. The van der Waals surface area contributed by atoms with Crippen LogP contribution >= 0.6 is 11.6 Å². The second-order valence-corrected chi connectivity index (χ2v) is 7.71. The van der Waals surface area contributed by atoms with Crippen LogP contribution in [0.2, 0.25) is 5.02 Å². The van der Waals surface area contributed by atoms with Gasteiger partial charge < -0.3 is 10.1 Å². The number of sulfonamides is 1. The van der Waals surface area contributed by atoms with E-state index >= 15 is 0 Å². The van der Waals surface area contributed by atoms with Gasteiger partial charge in [0.25, 0.3) is 0 Å². The van der Waals surface area contributed by atoms with Gasteiger partial charge in [0.1, 0.15) is 6.54 Å². The van der Waals surface area contributed by atoms with Crippen LogP contribution in [0, 0.1) is 0 Å². The fourth-order valence-corrected chi connectivity index (χ4v) is 3.23. The van der Waals surface area contributed by atoms with Crippen LogP contribution in [0.1, 0.15) is 10.4 Å². The van der Waals surface area contributed by atoms with Crippen molar-refractivity contribution in [1.82, 2.24) is 0 Å². The summed E-state index contributed by atoms with van der Waals surface area (Å²) in [7, 11) is -2.47. The monoisotopic (exact) mass is 396 g/mol. The smallest absolute Gasteiger partial charge is 0.337 e. The lowest BCUT2D eigenvalue weighted by Gasteiger charge is -2.22. The molecule has 0 heterocycles. The van der Waals surface area contributed by atoms with Crippen molar-refractivity contribution >= 4 is 44.9 Å². The first-order chi connectivity index (χ1) is 12.2. The molecule has 1 amide bonds. The summed E-state index contributed by atoms with van der Waals surface area (Å²) in [5.41, 5.74) is 0.978. The number of hydrogen-bond donors (Lipinski definition) is 1. The molecule has 0 bridgehead atoms. The van der Waals surface area contributed by atoms with Crippen LogP contribution in [0.25, 0.3) is 0 Å². The highest BCUT2D eigenvalue weighted by atomic mass is 35.5. The zero-order chi connectivity index (χ0) is 19.3. The number of esters is 1. The summed E-state index contributed by atoms with van der Waals surface area (Å²) in [4.78, 5) is 23.7. The third kappa shape index (κ3) is 5.21. The molecule has 1 N–H and O–H groups in total. The van der Waals surface area contributed by atoms with E-state index < -0.39 is 28.4 Å². The van der Waals surface area contributed by atoms with E-state index in [1.54, 1.807) is 24.3 Å². The minimum atomic E-state index is -3.72. The van der Waals surface area contributed by atoms with Crippen LogP contribution in [0.15, 0.2) is 48.5 Å². The second-order valence-electron chi connectivity index (χ2n) is 5.37. The Morgan fingerprint density at radius 1 is 1.15 bits per heavy atom. The summed E-state index contributed by atoms with van der Waals surface area (Å²) in [6.07, 6.45) is 0.994. The van der Waals surface area contributed by atoms with E-state index in [4.69, 9.17) is 11.6 Å². The highest BCUT2D eigenvalue weighted by Crippen LogP contribution is 2.20. The molecule has 26 heavy (non-hydrogen) atoms. The first-order valence-corrected chi connectivity index (χ1v) is 9.65. The largest absolute Gasteiger partial charge is 0.465 e. The lowest BCUT2D eigenvalue weighted by Crippen LogP contribution is -2.37. The summed E-state index contributed by atoms with van der Waals surface area (Å²) in [6.45, 7) is -0.428. The number of anilines is 2. The molecular formula is C17H17ClN2O5S. The van der Waals surface area contributed by atoms with Crippen molar-refractivity contribution in [2.75, 3.05) is 29.5 Å². The molecule has 9 heteroatoms. The number of methoxy groups -OCH3 is 1. The molecule has 0 aromatic heterocycles. The fraction of sp³-hybridized carbons (Fsp3) is 0.176. The van der Waals surface area contributed by atoms with E-state index in [0.717, 1.165) is 10.6 Å². The topological polar surface area (TPSA) is 92.8 Å². The van der Waals surface area contributed by atoms with Crippen LogP contribution in [0.4, 0.5) is 11.4 Å². The Balaban J connectivity index is 2.20. The molecule has 2 aromatic rings. The van der Waals surface area contributed by atoms with Gasteiger partial charge in [0, 0.05) is 10.7 Å². The Morgan fingerprint density at radius 3 is 2.35 bits per heavy atom. The highest BCUT2D eigenvalue weighted by Gasteiger charge is 2.21. The molecule has 2 rings (SSSR count). The molecule has 0 atom stereocenters. The number of benzene rings is 2. The van der Waals surface area contributed by atoms with Crippen LogP contribution in [-0.2, 0) is 19.6 Å².